The zero-order chi connectivity index (χ0) is 14.8. The van der Waals surface area contributed by atoms with E-state index in [2.05, 4.69) is 11.9 Å². The molecule has 0 aromatic carbocycles. The number of aromatic nitrogens is 1. The van der Waals surface area contributed by atoms with E-state index in [0.717, 1.165) is 37.5 Å². The van der Waals surface area contributed by atoms with Crippen LogP contribution in [0.1, 0.15) is 41.9 Å². The second-order valence-corrected chi connectivity index (χ2v) is 6.10. The molecule has 0 bridgehead atoms. The van der Waals surface area contributed by atoms with Crippen LogP contribution in [0, 0.1) is 5.92 Å². The normalized spacial score (nSPS) is 23.1. The molecule has 0 aliphatic carbocycles. The highest BCUT2D eigenvalue weighted by atomic mass is 19.1. The first kappa shape index (κ1) is 14.5. The number of halogens is 1. The summed E-state index contributed by atoms with van der Waals surface area (Å²) < 4.78 is 18.1. The lowest BCUT2D eigenvalue weighted by molar-refractivity contribution is 0.0640. The molecule has 21 heavy (non-hydrogen) atoms. The summed E-state index contributed by atoms with van der Waals surface area (Å²) in [7, 11) is 0. The van der Waals surface area contributed by atoms with Gasteiger partial charge in [-0.2, -0.15) is 0 Å². The summed E-state index contributed by atoms with van der Waals surface area (Å²) >= 11 is 0. The number of amides is 1. The number of hydrogen-bond donors (Lipinski definition) is 0. The van der Waals surface area contributed by atoms with Gasteiger partial charge in [0.25, 0.3) is 5.89 Å². The van der Waals surface area contributed by atoms with Crippen LogP contribution in [0.5, 0.6) is 0 Å². The van der Waals surface area contributed by atoms with Crippen molar-refractivity contribution in [1.29, 1.82) is 0 Å². The lowest BCUT2D eigenvalue weighted by atomic mass is 10.0. The van der Waals surface area contributed by atoms with Crippen LogP contribution >= 0.6 is 0 Å². The fourth-order valence-corrected chi connectivity index (χ4v) is 3.16. The number of carbonyl (C=O) groups excluding carboxylic acids is 1. The molecule has 0 unspecified atom stereocenters. The smallest absolute Gasteiger partial charge is 0.309 e. The van der Waals surface area contributed by atoms with Crippen LogP contribution in [0.3, 0.4) is 0 Å². The predicted molar refractivity (Wildman–Crippen MR) is 75.8 cm³/mol. The summed E-state index contributed by atoms with van der Waals surface area (Å²) in [6.07, 6.45) is 2.91. The Morgan fingerprint density at radius 2 is 2.33 bits per heavy atom. The van der Waals surface area contributed by atoms with Gasteiger partial charge in [0.2, 0.25) is 0 Å². The van der Waals surface area contributed by atoms with Crippen LogP contribution in [-0.2, 0) is 13.0 Å². The maximum absolute atomic E-state index is 12.5. The third-order valence-electron chi connectivity index (χ3n) is 4.33. The molecule has 1 aromatic rings. The Morgan fingerprint density at radius 3 is 3.10 bits per heavy atom. The zero-order valence-corrected chi connectivity index (χ0v) is 12.5. The molecule has 2 aliphatic heterocycles. The third kappa shape index (κ3) is 3.10. The molecule has 0 spiro atoms. The molecule has 0 saturated carbocycles. The Morgan fingerprint density at radius 1 is 1.48 bits per heavy atom. The zero-order valence-electron chi connectivity index (χ0n) is 12.5. The first-order chi connectivity index (χ1) is 10.2. The molecule has 3 heterocycles. The van der Waals surface area contributed by atoms with E-state index in [4.69, 9.17) is 4.42 Å². The predicted octanol–water partition coefficient (Wildman–Crippen LogP) is 1.87. The monoisotopic (exact) mass is 295 g/mol. The van der Waals surface area contributed by atoms with Gasteiger partial charge in [0.15, 0.2) is 0 Å². The van der Waals surface area contributed by atoms with Gasteiger partial charge in [0, 0.05) is 39.1 Å². The summed E-state index contributed by atoms with van der Waals surface area (Å²) in [5.74, 6) is 1.43. The number of alkyl halides is 1. The number of rotatable bonds is 3. The minimum atomic E-state index is -0.357. The fourth-order valence-electron chi connectivity index (χ4n) is 3.16. The Hall–Kier alpha value is -1.43. The minimum absolute atomic E-state index is 0.104. The van der Waals surface area contributed by atoms with Gasteiger partial charge in [0.05, 0.1) is 5.69 Å². The van der Waals surface area contributed by atoms with Crippen molar-refractivity contribution in [3.8, 4) is 0 Å². The molecule has 6 heteroatoms. The average molecular weight is 295 g/mol. The van der Waals surface area contributed by atoms with Crippen LogP contribution in [-0.4, -0.2) is 53.5 Å². The number of hydrogen-bond acceptors (Lipinski definition) is 4. The Bertz CT molecular complexity index is 517. The van der Waals surface area contributed by atoms with Crippen LogP contribution in [0.15, 0.2) is 4.42 Å². The van der Waals surface area contributed by atoms with E-state index in [1.54, 1.807) is 0 Å². The van der Waals surface area contributed by atoms with E-state index in [1.807, 2.05) is 9.80 Å². The molecule has 1 atom stereocenters. The molecule has 1 fully saturated rings. The van der Waals surface area contributed by atoms with Crippen molar-refractivity contribution in [2.45, 2.75) is 32.7 Å². The molecule has 5 nitrogen and oxygen atoms in total. The highest BCUT2D eigenvalue weighted by Crippen LogP contribution is 2.22. The second kappa shape index (κ2) is 6.13. The maximum Gasteiger partial charge on any atom is 0.309 e. The Labute approximate surface area is 124 Å². The maximum atomic E-state index is 12.5. The lowest BCUT2D eigenvalue weighted by Gasteiger charge is -2.29. The third-order valence-corrected chi connectivity index (χ3v) is 4.33. The summed E-state index contributed by atoms with van der Waals surface area (Å²) in [4.78, 5) is 20.7. The molecule has 0 radical (unpaired) electrons. The summed E-state index contributed by atoms with van der Waals surface area (Å²) in [5, 5.41) is 0. The average Bonchev–Trinajstić information content (AvgIpc) is 2.90. The van der Waals surface area contributed by atoms with Crippen molar-refractivity contribution in [3.05, 3.63) is 17.3 Å². The number of piperidine rings is 1. The van der Waals surface area contributed by atoms with Gasteiger partial charge in [-0.1, -0.05) is 6.92 Å². The minimum Gasteiger partial charge on any atom is -0.437 e. The van der Waals surface area contributed by atoms with Gasteiger partial charge in [-0.15, -0.1) is 0 Å². The number of fused-ring (bicyclic) bond motifs is 1. The SMILES string of the molecule is C[C@@H]1CCCN(C(=O)c2nc3c(o2)CCN(CCF)C3)C1. The Balaban J connectivity index is 1.71. The molecule has 1 aromatic heterocycles. The van der Waals surface area contributed by atoms with E-state index < -0.39 is 0 Å². The van der Waals surface area contributed by atoms with Crippen LogP contribution in [0.2, 0.25) is 0 Å². The highest BCUT2D eigenvalue weighted by molar-refractivity contribution is 5.89. The molecule has 1 saturated heterocycles. The largest absolute Gasteiger partial charge is 0.437 e. The van der Waals surface area contributed by atoms with Gasteiger partial charge < -0.3 is 9.32 Å². The van der Waals surface area contributed by atoms with Gasteiger partial charge >= 0.3 is 5.91 Å². The standard InChI is InChI=1S/C15H22FN3O2/c1-11-3-2-6-19(9-11)15(20)14-17-12-10-18(8-5-16)7-4-13(12)21-14/h11H,2-10H2,1H3/t11-/m1/s1. The molecular weight excluding hydrogens is 273 g/mol. The van der Waals surface area contributed by atoms with Crippen LogP contribution in [0.4, 0.5) is 4.39 Å². The van der Waals surface area contributed by atoms with Crippen molar-refractivity contribution >= 4 is 5.91 Å². The summed E-state index contributed by atoms with van der Waals surface area (Å²) in [6.45, 7) is 5.12. The number of nitrogens with zero attached hydrogens (tertiary/aromatic N) is 3. The van der Waals surface area contributed by atoms with Gasteiger partial charge in [-0.25, -0.2) is 9.37 Å². The number of likely N-dealkylation sites (tertiary alicyclic amines) is 1. The second-order valence-electron chi connectivity index (χ2n) is 6.10. The van der Waals surface area contributed by atoms with Crippen molar-refractivity contribution in [2.24, 2.45) is 5.92 Å². The molecule has 0 N–H and O–H groups in total. The summed E-state index contributed by atoms with van der Waals surface area (Å²) in [6, 6.07) is 0. The molecular formula is C15H22FN3O2. The quantitative estimate of drug-likeness (QED) is 0.854. The molecule has 116 valence electrons. The first-order valence-electron chi connectivity index (χ1n) is 7.73. The van der Waals surface area contributed by atoms with Crippen molar-refractivity contribution in [3.63, 3.8) is 0 Å². The van der Waals surface area contributed by atoms with E-state index >= 15 is 0 Å². The Kier molecular flexibility index (Phi) is 4.24. The number of carbonyl (C=O) groups is 1. The van der Waals surface area contributed by atoms with Crippen molar-refractivity contribution in [2.75, 3.05) is 32.9 Å². The van der Waals surface area contributed by atoms with Gasteiger partial charge in [-0.3, -0.25) is 9.69 Å². The topological polar surface area (TPSA) is 49.6 Å². The van der Waals surface area contributed by atoms with Crippen molar-refractivity contribution in [1.82, 2.24) is 14.8 Å². The van der Waals surface area contributed by atoms with E-state index in [9.17, 15) is 9.18 Å². The van der Waals surface area contributed by atoms with E-state index in [0.29, 0.717) is 25.4 Å². The lowest BCUT2D eigenvalue weighted by Crippen LogP contribution is -2.39. The number of oxazole rings is 1. The van der Waals surface area contributed by atoms with Crippen LogP contribution < -0.4 is 0 Å². The first-order valence-corrected chi connectivity index (χ1v) is 7.73. The molecule has 3 rings (SSSR count). The van der Waals surface area contributed by atoms with Gasteiger partial charge in [-0.05, 0) is 18.8 Å². The fraction of sp³-hybridized carbons (Fsp3) is 0.733. The van der Waals surface area contributed by atoms with Crippen LogP contribution in [0.25, 0.3) is 0 Å². The van der Waals surface area contributed by atoms with E-state index in [1.165, 1.54) is 6.42 Å². The highest BCUT2D eigenvalue weighted by Gasteiger charge is 2.29. The van der Waals surface area contributed by atoms with E-state index in [-0.39, 0.29) is 18.5 Å². The van der Waals surface area contributed by atoms with Crippen molar-refractivity contribution < 1.29 is 13.6 Å². The molecule has 1 amide bonds. The van der Waals surface area contributed by atoms with Gasteiger partial charge in [0.1, 0.15) is 12.4 Å². The summed E-state index contributed by atoms with van der Waals surface area (Å²) in [5.41, 5.74) is 0.795. The molecule has 2 aliphatic rings.